The van der Waals surface area contributed by atoms with Crippen LogP contribution in [0.3, 0.4) is 0 Å². The number of hydrogen-bond acceptors (Lipinski definition) is 4. The van der Waals surface area contributed by atoms with E-state index in [2.05, 4.69) is 5.32 Å². The molecular weight excluding hydrogens is 268 g/mol. The Morgan fingerprint density at radius 2 is 1.90 bits per heavy atom. The average molecular weight is 292 g/mol. The van der Waals surface area contributed by atoms with Gasteiger partial charge in [-0.2, -0.15) is 0 Å². The van der Waals surface area contributed by atoms with E-state index < -0.39 is 0 Å². The van der Waals surface area contributed by atoms with Crippen LogP contribution in [-0.2, 0) is 4.79 Å². The number of rotatable bonds is 8. The smallest absolute Gasteiger partial charge is 0.234 e. The first-order chi connectivity index (χ1) is 9.99. The van der Waals surface area contributed by atoms with E-state index in [-0.39, 0.29) is 24.3 Å². The summed E-state index contributed by atoms with van der Waals surface area (Å²) in [5.74, 6) is 0.642. The first kappa shape index (κ1) is 17.2. The quantitative estimate of drug-likeness (QED) is 0.741. The summed E-state index contributed by atoms with van der Waals surface area (Å²) < 4.78 is 5.07. The number of likely N-dealkylation sites (N-methyl/N-ethyl adjacent to an activating group) is 1. The monoisotopic (exact) mass is 292 g/mol. The van der Waals surface area contributed by atoms with E-state index in [0.717, 1.165) is 6.42 Å². The van der Waals surface area contributed by atoms with Gasteiger partial charge in [0.1, 0.15) is 5.75 Å². The number of methoxy groups -OCH3 is 1. The van der Waals surface area contributed by atoms with E-state index in [1.807, 2.05) is 6.92 Å². The maximum Gasteiger partial charge on any atom is 0.234 e. The second-order valence-electron chi connectivity index (χ2n) is 5.03. The molecule has 116 valence electrons. The lowest BCUT2D eigenvalue weighted by molar-refractivity contribution is -0.122. The van der Waals surface area contributed by atoms with Crippen molar-refractivity contribution in [1.29, 1.82) is 0 Å². The van der Waals surface area contributed by atoms with Crippen molar-refractivity contribution in [2.24, 2.45) is 0 Å². The van der Waals surface area contributed by atoms with Crippen LogP contribution < -0.4 is 10.1 Å². The molecule has 21 heavy (non-hydrogen) atoms. The fourth-order valence-corrected chi connectivity index (χ4v) is 1.88. The summed E-state index contributed by atoms with van der Waals surface area (Å²) in [5.41, 5.74) is 0.615. The van der Waals surface area contributed by atoms with Gasteiger partial charge < -0.3 is 10.1 Å². The summed E-state index contributed by atoms with van der Waals surface area (Å²) in [5, 5.41) is 2.80. The van der Waals surface area contributed by atoms with Crippen LogP contribution in [0.15, 0.2) is 24.3 Å². The molecule has 1 N–H and O–H groups in total. The zero-order valence-electron chi connectivity index (χ0n) is 13.2. The Bertz CT molecular complexity index is 471. The molecule has 0 radical (unpaired) electrons. The Morgan fingerprint density at radius 3 is 2.43 bits per heavy atom. The van der Waals surface area contributed by atoms with Crippen LogP contribution in [0.25, 0.3) is 0 Å². The Hall–Kier alpha value is -1.88. The van der Waals surface area contributed by atoms with E-state index in [9.17, 15) is 9.59 Å². The van der Waals surface area contributed by atoms with E-state index in [1.165, 1.54) is 0 Å². The zero-order valence-corrected chi connectivity index (χ0v) is 13.2. The van der Waals surface area contributed by atoms with Crippen molar-refractivity contribution in [3.63, 3.8) is 0 Å². The molecule has 1 aromatic carbocycles. The fraction of sp³-hybridized carbons (Fsp3) is 0.500. The maximum absolute atomic E-state index is 12.4. The summed E-state index contributed by atoms with van der Waals surface area (Å²) in [6.45, 7) is 4.68. The molecule has 5 nitrogen and oxygen atoms in total. The molecule has 1 aromatic rings. The number of ketones is 1. The SMILES string of the molecule is CCCNC(=O)CN(C)C(C)C(=O)c1ccc(OC)cc1. The molecule has 1 rings (SSSR count). The van der Waals surface area contributed by atoms with Crippen LogP contribution in [0.2, 0.25) is 0 Å². The summed E-state index contributed by atoms with van der Waals surface area (Å²) in [6.07, 6.45) is 0.899. The van der Waals surface area contributed by atoms with Gasteiger partial charge in [-0.05, 0) is 44.7 Å². The summed E-state index contributed by atoms with van der Waals surface area (Å²) >= 11 is 0. The summed E-state index contributed by atoms with van der Waals surface area (Å²) in [7, 11) is 3.36. The molecule has 1 unspecified atom stereocenters. The Morgan fingerprint density at radius 1 is 1.29 bits per heavy atom. The molecule has 1 atom stereocenters. The third-order valence-corrected chi connectivity index (χ3v) is 3.38. The molecule has 0 bridgehead atoms. The van der Waals surface area contributed by atoms with Crippen LogP contribution in [0.1, 0.15) is 30.6 Å². The largest absolute Gasteiger partial charge is 0.497 e. The van der Waals surface area contributed by atoms with Gasteiger partial charge >= 0.3 is 0 Å². The molecule has 0 fully saturated rings. The van der Waals surface area contributed by atoms with Gasteiger partial charge in [-0.25, -0.2) is 0 Å². The van der Waals surface area contributed by atoms with Gasteiger partial charge in [0.05, 0.1) is 19.7 Å². The zero-order chi connectivity index (χ0) is 15.8. The van der Waals surface area contributed by atoms with E-state index in [1.54, 1.807) is 50.2 Å². The van der Waals surface area contributed by atoms with Gasteiger partial charge in [-0.3, -0.25) is 14.5 Å². The van der Waals surface area contributed by atoms with Crippen molar-refractivity contribution >= 4 is 11.7 Å². The van der Waals surface area contributed by atoms with Crippen molar-refractivity contribution in [2.75, 3.05) is 27.2 Å². The number of carbonyl (C=O) groups is 2. The number of nitrogens with one attached hydrogen (secondary N) is 1. The third kappa shape index (κ3) is 5.19. The number of Topliss-reactive ketones (excluding diaryl/α,β-unsaturated/α-hetero) is 1. The first-order valence-corrected chi connectivity index (χ1v) is 7.14. The number of ether oxygens (including phenoxy) is 1. The van der Waals surface area contributed by atoms with Crippen molar-refractivity contribution in [3.05, 3.63) is 29.8 Å². The van der Waals surface area contributed by atoms with E-state index in [0.29, 0.717) is 17.9 Å². The fourth-order valence-electron chi connectivity index (χ4n) is 1.88. The van der Waals surface area contributed by atoms with Crippen LogP contribution >= 0.6 is 0 Å². The number of amides is 1. The molecule has 0 aliphatic rings. The van der Waals surface area contributed by atoms with Crippen LogP contribution in [-0.4, -0.2) is 49.9 Å². The van der Waals surface area contributed by atoms with Crippen LogP contribution in [0.4, 0.5) is 0 Å². The number of hydrogen-bond donors (Lipinski definition) is 1. The normalized spacial score (nSPS) is 12.0. The molecular formula is C16H24N2O3. The molecule has 0 aromatic heterocycles. The topological polar surface area (TPSA) is 58.6 Å². The van der Waals surface area contributed by atoms with Crippen molar-refractivity contribution in [1.82, 2.24) is 10.2 Å². The van der Waals surface area contributed by atoms with Crippen molar-refractivity contribution in [3.8, 4) is 5.75 Å². The molecule has 0 aliphatic heterocycles. The van der Waals surface area contributed by atoms with E-state index >= 15 is 0 Å². The summed E-state index contributed by atoms with van der Waals surface area (Å²) in [4.78, 5) is 25.8. The Labute approximate surface area is 126 Å². The van der Waals surface area contributed by atoms with Crippen LogP contribution in [0, 0.1) is 0 Å². The maximum atomic E-state index is 12.4. The van der Waals surface area contributed by atoms with Crippen molar-refractivity contribution in [2.45, 2.75) is 26.3 Å². The molecule has 0 saturated heterocycles. The molecule has 1 amide bonds. The predicted octanol–water partition coefficient (Wildman–Crippen LogP) is 1.72. The number of benzene rings is 1. The van der Waals surface area contributed by atoms with E-state index in [4.69, 9.17) is 4.74 Å². The Kier molecular flexibility index (Phi) is 6.88. The minimum absolute atomic E-state index is 0.0107. The number of nitrogens with zero attached hydrogens (tertiary/aromatic N) is 1. The third-order valence-electron chi connectivity index (χ3n) is 3.38. The second-order valence-corrected chi connectivity index (χ2v) is 5.03. The van der Waals surface area contributed by atoms with Crippen molar-refractivity contribution < 1.29 is 14.3 Å². The number of carbonyl (C=O) groups excluding carboxylic acids is 2. The second kappa shape index (κ2) is 8.42. The minimum atomic E-state index is -0.356. The standard InChI is InChI=1S/C16H24N2O3/c1-5-10-17-15(19)11-18(3)12(2)16(20)13-6-8-14(21-4)9-7-13/h6-9,12H,5,10-11H2,1-4H3,(H,17,19). The highest BCUT2D eigenvalue weighted by atomic mass is 16.5. The lowest BCUT2D eigenvalue weighted by atomic mass is 10.0. The van der Waals surface area contributed by atoms with Gasteiger partial charge in [-0.15, -0.1) is 0 Å². The highest BCUT2D eigenvalue weighted by molar-refractivity contribution is 6.00. The van der Waals surface area contributed by atoms with Crippen LogP contribution in [0.5, 0.6) is 5.75 Å². The highest BCUT2D eigenvalue weighted by Gasteiger charge is 2.21. The van der Waals surface area contributed by atoms with Gasteiger partial charge in [0.15, 0.2) is 5.78 Å². The lowest BCUT2D eigenvalue weighted by Gasteiger charge is -2.23. The average Bonchev–Trinajstić information content (AvgIpc) is 2.51. The van der Waals surface area contributed by atoms with Gasteiger partial charge in [-0.1, -0.05) is 6.92 Å². The van der Waals surface area contributed by atoms with Gasteiger partial charge in [0.2, 0.25) is 5.91 Å². The highest BCUT2D eigenvalue weighted by Crippen LogP contribution is 2.14. The predicted molar refractivity (Wildman–Crippen MR) is 82.7 cm³/mol. The lowest BCUT2D eigenvalue weighted by Crippen LogP contribution is -2.43. The molecule has 0 aliphatic carbocycles. The Balaban J connectivity index is 2.61. The van der Waals surface area contributed by atoms with Gasteiger partial charge in [0, 0.05) is 12.1 Å². The van der Waals surface area contributed by atoms with Gasteiger partial charge in [0.25, 0.3) is 0 Å². The minimum Gasteiger partial charge on any atom is -0.497 e. The summed E-state index contributed by atoms with van der Waals surface area (Å²) in [6, 6.07) is 6.64. The molecule has 0 heterocycles. The molecule has 5 heteroatoms. The molecule has 0 saturated carbocycles. The first-order valence-electron chi connectivity index (χ1n) is 7.14. The molecule has 0 spiro atoms.